The van der Waals surface area contributed by atoms with Gasteiger partial charge in [-0.15, -0.1) is 5.10 Å². The van der Waals surface area contributed by atoms with Crippen molar-refractivity contribution in [2.45, 2.75) is 38.6 Å². The number of hydrogen-bond donors (Lipinski definition) is 1. The third-order valence-electron chi connectivity index (χ3n) is 6.28. The molecule has 1 aliphatic rings. The molecule has 33 heavy (non-hydrogen) atoms. The molecule has 0 aliphatic carbocycles. The zero-order chi connectivity index (χ0) is 22.8. The molecule has 1 N–H and O–H groups in total. The molecule has 1 aliphatic heterocycles. The van der Waals surface area contributed by atoms with E-state index in [2.05, 4.69) is 15.3 Å². The van der Waals surface area contributed by atoms with Gasteiger partial charge in [-0.05, 0) is 30.9 Å². The van der Waals surface area contributed by atoms with Crippen LogP contribution in [0.3, 0.4) is 0 Å². The second-order valence-electron chi connectivity index (χ2n) is 8.67. The molecule has 168 valence electrons. The summed E-state index contributed by atoms with van der Waals surface area (Å²) in [4.78, 5) is 34.9. The average molecular weight is 443 g/mol. The summed E-state index contributed by atoms with van der Waals surface area (Å²) in [5.74, 6) is 0.873. The van der Waals surface area contributed by atoms with E-state index in [-0.39, 0.29) is 22.9 Å². The number of nitrogens with one attached hydrogen (secondary N) is 1. The topological polar surface area (TPSA) is 96.8 Å². The van der Waals surface area contributed by atoms with Gasteiger partial charge in [0.2, 0.25) is 5.91 Å². The van der Waals surface area contributed by atoms with Crippen molar-refractivity contribution in [2.24, 2.45) is 0 Å². The van der Waals surface area contributed by atoms with Crippen LogP contribution in [0.4, 0.5) is 0 Å². The van der Waals surface area contributed by atoms with Crippen molar-refractivity contribution in [3.8, 4) is 0 Å². The summed E-state index contributed by atoms with van der Waals surface area (Å²) < 4.78 is 1.68. The number of aryl methyl sites for hydroxylation is 1. The van der Waals surface area contributed by atoms with Crippen molar-refractivity contribution in [1.82, 2.24) is 29.9 Å². The summed E-state index contributed by atoms with van der Waals surface area (Å²) in [6.07, 6.45) is 1.93. The Morgan fingerprint density at radius 3 is 2.48 bits per heavy atom. The Kier molecular flexibility index (Phi) is 5.73. The zero-order valence-corrected chi connectivity index (χ0v) is 18.6. The second kappa shape index (κ2) is 8.97. The molecular weight excluding hydrogens is 416 g/mol. The molecule has 2 aromatic heterocycles. The van der Waals surface area contributed by atoms with Crippen LogP contribution in [-0.4, -0.2) is 48.9 Å². The molecular formula is C25H26N6O2. The normalized spacial score (nSPS) is 14.6. The smallest absolute Gasteiger partial charge is 0.281 e. The van der Waals surface area contributed by atoms with Gasteiger partial charge in [0.15, 0.2) is 11.2 Å². The van der Waals surface area contributed by atoms with E-state index in [1.54, 1.807) is 4.68 Å². The lowest BCUT2D eigenvalue weighted by Gasteiger charge is -2.31. The first-order valence-electron chi connectivity index (χ1n) is 11.3. The number of aromatic nitrogens is 5. The van der Waals surface area contributed by atoms with Gasteiger partial charge in [-0.2, -0.15) is 0 Å². The number of fused-ring (bicyclic) bond motifs is 1. The molecule has 0 radical (unpaired) electrons. The monoisotopic (exact) mass is 442 g/mol. The van der Waals surface area contributed by atoms with Crippen LogP contribution in [0.1, 0.15) is 41.3 Å². The van der Waals surface area contributed by atoms with Crippen LogP contribution in [0.15, 0.2) is 59.4 Å². The fourth-order valence-electron chi connectivity index (χ4n) is 4.33. The molecule has 0 spiro atoms. The molecule has 1 saturated heterocycles. The molecule has 0 atom stereocenters. The minimum absolute atomic E-state index is 0.0885. The van der Waals surface area contributed by atoms with Crippen LogP contribution in [0.25, 0.3) is 11.2 Å². The van der Waals surface area contributed by atoms with Crippen molar-refractivity contribution < 1.29 is 4.79 Å². The van der Waals surface area contributed by atoms with Crippen molar-refractivity contribution in [3.05, 3.63) is 87.5 Å². The minimum atomic E-state index is -0.271. The Bertz CT molecular complexity index is 1320. The fraction of sp³-hybridized carbons (Fsp3) is 0.320. The van der Waals surface area contributed by atoms with Gasteiger partial charge >= 0.3 is 0 Å². The highest BCUT2D eigenvalue weighted by Crippen LogP contribution is 2.26. The van der Waals surface area contributed by atoms with Gasteiger partial charge in [0.05, 0.1) is 13.0 Å². The number of piperidine rings is 1. The van der Waals surface area contributed by atoms with Crippen LogP contribution in [0.5, 0.6) is 0 Å². The molecule has 0 saturated carbocycles. The molecule has 0 bridgehead atoms. The third kappa shape index (κ3) is 4.55. The van der Waals surface area contributed by atoms with Crippen LogP contribution in [-0.2, 0) is 17.8 Å². The number of carbonyl (C=O) groups is 1. The maximum absolute atomic E-state index is 12.7. The maximum atomic E-state index is 12.7. The number of benzene rings is 2. The van der Waals surface area contributed by atoms with E-state index in [9.17, 15) is 9.59 Å². The van der Waals surface area contributed by atoms with E-state index in [0.717, 1.165) is 24.0 Å². The van der Waals surface area contributed by atoms with Gasteiger partial charge in [-0.3, -0.25) is 9.59 Å². The number of likely N-dealkylation sites (tertiary alicyclic amines) is 1. The molecule has 8 nitrogen and oxygen atoms in total. The molecule has 1 fully saturated rings. The summed E-state index contributed by atoms with van der Waals surface area (Å²) in [5, 5.41) is 8.21. The highest BCUT2D eigenvalue weighted by Gasteiger charge is 2.26. The Labute approximate surface area is 191 Å². The van der Waals surface area contributed by atoms with Crippen molar-refractivity contribution in [3.63, 3.8) is 0 Å². The number of carbonyl (C=O) groups excluding carboxylic acids is 1. The molecule has 1 amide bonds. The van der Waals surface area contributed by atoms with Crippen LogP contribution >= 0.6 is 0 Å². The highest BCUT2D eigenvalue weighted by molar-refractivity contribution is 5.78. The molecule has 3 heterocycles. The van der Waals surface area contributed by atoms with Gasteiger partial charge in [-0.25, -0.2) is 9.67 Å². The van der Waals surface area contributed by atoms with E-state index in [1.807, 2.05) is 66.4 Å². The lowest BCUT2D eigenvalue weighted by Crippen LogP contribution is -2.39. The SMILES string of the molecule is Cc1ccc(Cn2nnc3c(=O)[nH]c(C4CCN(C(=O)Cc5ccccc5)CC4)nc32)cc1. The number of nitrogens with zero attached hydrogens (tertiary/aromatic N) is 5. The lowest BCUT2D eigenvalue weighted by molar-refractivity contribution is -0.131. The fourth-order valence-corrected chi connectivity index (χ4v) is 4.33. The molecule has 4 aromatic rings. The average Bonchev–Trinajstić information content (AvgIpc) is 3.24. The number of aromatic amines is 1. The maximum Gasteiger partial charge on any atom is 0.281 e. The Morgan fingerprint density at radius 2 is 1.76 bits per heavy atom. The van der Waals surface area contributed by atoms with Crippen LogP contribution in [0, 0.1) is 6.92 Å². The third-order valence-corrected chi connectivity index (χ3v) is 6.28. The summed E-state index contributed by atoms with van der Waals surface area (Å²) in [5.41, 5.74) is 3.76. The molecule has 5 rings (SSSR count). The summed E-state index contributed by atoms with van der Waals surface area (Å²) in [6, 6.07) is 18.0. The molecule has 8 heteroatoms. The number of rotatable bonds is 5. The van der Waals surface area contributed by atoms with Crippen molar-refractivity contribution >= 4 is 17.1 Å². The van der Waals surface area contributed by atoms with E-state index >= 15 is 0 Å². The molecule has 0 unspecified atom stereocenters. The minimum Gasteiger partial charge on any atom is -0.342 e. The van der Waals surface area contributed by atoms with E-state index in [1.165, 1.54) is 5.56 Å². The number of hydrogen-bond acceptors (Lipinski definition) is 5. The largest absolute Gasteiger partial charge is 0.342 e. The summed E-state index contributed by atoms with van der Waals surface area (Å²) in [7, 11) is 0. The lowest BCUT2D eigenvalue weighted by atomic mass is 9.95. The zero-order valence-electron chi connectivity index (χ0n) is 18.6. The number of amides is 1. The first-order valence-corrected chi connectivity index (χ1v) is 11.3. The van der Waals surface area contributed by atoms with Gasteiger partial charge in [-0.1, -0.05) is 65.4 Å². The summed E-state index contributed by atoms with van der Waals surface area (Å²) in [6.45, 7) is 3.85. The van der Waals surface area contributed by atoms with Gasteiger partial charge in [0.25, 0.3) is 5.56 Å². The predicted octanol–water partition coefficient (Wildman–Crippen LogP) is 2.82. The summed E-state index contributed by atoms with van der Waals surface area (Å²) >= 11 is 0. The van der Waals surface area contributed by atoms with E-state index in [4.69, 9.17) is 4.98 Å². The highest BCUT2D eigenvalue weighted by atomic mass is 16.2. The Balaban J connectivity index is 1.30. The van der Waals surface area contributed by atoms with Gasteiger partial charge in [0.1, 0.15) is 5.82 Å². The first-order chi connectivity index (χ1) is 16.1. The van der Waals surface area contributed by atoms with Crippen LogP contribution in [0.2, 0.25) is 0 Å². The predicted molar refractivity (Wildman–Crippen MR) is 125 cm³/mol. The van der Waals surface area contributed by atoms with Gasteiger partial charge < -0.3 is 9.88 Å². The second-order valence-corrected chi connectivity index (χ2v) is 8.67. The number of H-pyrrole nitrogens is 1. The molecule has 2 aromatic carbocycles. The van der Waals surface area contributed by atoms with Crippen molar-refractivity contribution in [2.75, 3.05) is 13.1 Å². The van der Waals surface area contributed by atoms with Crippen LogP contribution < -0.4 is 5.56 Å². The Hall–Kier alpha value is -3.81. The quantitative estimate of drug-likeness (QED) is 0.513. The first kappa shape index (κ1) is 21.1. The Morgan fingerprint density at radius 1 is 1.03 bits per heavy atom. The van der Waals surface area contributed by atoms with Gasteiger partial charge in [0, 0.05) is 19.0 Å². The van der Waals surface area contributed by atoms with Crippen molar-refractivity contribution in [1.29, 1.82) is 0 Å². The standard InChI is InChI=1S/C25H26N6O2/c1-17-7-9-19(10-8-17)16-31-24-22(28-29-31)25(33)27-23(26-24)20-11-13-30(14-12-20)21(32)15-18-5-3-2-4-6-18/h2-10,20H,11-16H2,1H3,(H,26,27,33). The van der Waals surface area contributed by atoms with E-state index < -0.39 is 0 Å². The van der Waals surface area contributed by atoms with E-state index in [0.29, 0.717) is 37.5 Å².